The molecule has 32 heavy (non-hydrogen) atoms. The van der Waals surface area contributed by atoms with E-state index in [9.17, 15) is 28.1 Å². The first-order valence-electron chi connectivity index (χ1n) is 9.69. The number of carbonyl (C=O) groups is 2. The Morgan fingerprint density at radius 1 is 1.09 bits per heavy atom. The topological polar surface area (TPSA) is 142 Å². The molecule has 11 heteroatoms. The summed E-state index contributed by atoms with van der Waals surface area (Å²) < 4.78 is 35.3. The maximum atomic E-state index is 12.6. The molecule has 0 fully saturated rings. The summed E-state index contributed by atoms with van der Waals surface area (Å²) in [6, 6.07) is 8.47. The van der Waals surface area contributed by atoms with Crippen molar-refractivity contribution in [3.8, 4) is 5.75 Å². The third-order valence-corrected chi connectivity index (χ3v) is 5.68. The van der Waals surface area contributed by atoms with Crippen molar-refractivity contribution in [3.63, 3.8) is 0 Å². The summed E-state index contributed by atoms with van der Waals surface area (Å²) in [5.74, 6) is -1.04. The van der Waals surface area contributed by atoms with Gasteiger partial charge in [0.15, 0.2) is 6.10 Å². The molecule has 0 saturated carbocycles. The molecule has 0 aliphatic heterocycles. The normalized spacial score (nSPS) is 12.2. The largest absolute Gasteiger partial charge is 0.449 e. The van der Waals surface area contributed by atoms with Crippen molar-refractivity contribution >= 4 is 27.7 Å². The van der Waals surface area contributed by atoms with Crippen LogP contribution in [0.1, 0.15) is 36.7 Å². The van der Waals surface area contributed by atoms with E-state index in [4.69, 9.17) is 8.92 Å². The first kappa shape index (κ1) is 24.8. The van der Waals surface area contributed by atoms with Gasteiger partial charge in [0, 0.05) is 18.7 Å². The van der Waals surface area contributed by atoms with Crippen molar-refractivity contribution in [2.45, 2.75) is 38.7 Å². The second kappa shape index (κ2) is 10.2. The zero-order valence-electron chi connectivity index (χ0n) is 18.0. The lowest BCUT2D eigenvalue weighted by Gasteiger charge is -2.14. The molecule has 172 valence electrons. The van der Waals surface area contributed by atoms with E-state index in [1.165, 1.54) is 50.2 Å². The molecule has 0 bridgehead atoms. The second-order valence-corrected chi connectivity index (χ2v) is 8.97. The van der Waals surface area contributed by atoms with Crippen LogP contribution in [-0.2, 0) is 19.6 Å². The van der Waals surface area contributed by atoms with Crippen LogP contribution in [0.5, 0.6) is 5.75 Å². The number of benzene rings is 2. The summed E-state index contributed by atoms with van der Waals surface area (Å²) in [6.07, 6.45) is -1.01. The average molecular weight is 464 g/mol. The third-order valence-electron chi connectivity index (χ3n) is 4.29. The summed E-state index contributed by atoms with van der Waals surface area (Å²) in [7, 11) is -4.35. The molecular formula is C21H24N2O8S. The number of carbonyl (C=O) groups excluding carboxylic acids is 2. The van der Waals surface area contributed by atoms with E-state index in [-0.39, 0.29) is 33.4 Å². The Labute approximate surface area is 185 Å². The lowest BCUT2D eigenvalue weighted by molar-refractivity contribution is -0.385. The number of hydrogen-bond donors (Lipinski definition) is 1. The fourth-order valence-electron chi connectivity index (χ4n) is 2.52. The highest BCUT2D eigenvalue weighted by molar-refractivity contribution is 7.87. The zero-order chi connectivity index (χ0) is 24.1. The Hall–Kier alpha value is -3.47. The second-order valence-electron chi connectivity index (χ2n) is 7.46. The quantitative estimate of drug-likeness (QED) is 0.258. The maximum absolute atomic E-state index is 12.6. The van der Waals surface area contributed by atoms with E-state index in [1.54, 1.807) is 0 Å². The van der Waals surface area contributed by atoms with E-state index in [1.807, 2.05) is 13.8 Å². The summed E-state index contributed by atoms with van der Waals surface area (Å²) in [6.45, 7) is 7.24. The number of esters is 1. The van der Waals surface area contributed by atoms with Crippen molar-refractivity contribution < 1.29 is 31.9 Å². The molecule has 2 aromatic rings. The summed E-state index contributed by atoms with van der Waals surface area (Å²) in [5, 5.41) is 13.6. The van der Waals surface area contributed by atoms with Crippen molar-refractivity contribution in [2.24, 2.45) is 5.92 Å². The average Bonchev–Trinajstić information content (AvgIpc) is 2.72. The number of nitrogens with zero attached hydrogens (tertiary/aromatic N) is 1. The lowest BCUT2D eigenvalue weighted by Crippen LogP contribution is -2.37. The van der Waals surface area contributed by atoms with Gasteiger partial charge in [0.1, 0.15) is 10.6 Å². The van der Waals surface area contributed by atoms with Gasteiger partial charge < -0.3 is 14.2 Å². The molecule has 2 rings (SSSR count). The van der Waals surface area contributed by atoms with Crippen LogP contribution >= 0.6 is 0 Å². The SMILES string of the molecule is Cc1ccc([N+](=O)[O-])cc1S(=O)(=O)Oc1ccc(C(=O)OC(C)C(=O)NCC(C)C)cc1. The minimum Gasteiger partial charge on any atom is -0.449 e. The van der Waals surface area contributed by atoms with Gasteiger partial charge in [0.25, 0.3) is 11.6 Å². The molecule has 0 radical (unpaired) electrons. The lowest BCUT2D eigenvalue weighted by atomic mass is 10.2. The fraction of sp³-hybridized carbons (Fsp3) is 0.333. The monoisotopic (exact) mass is 464 g/mol. The van der Waals surface area contributed by atoms with Crippen molar-refractivity contribution in [3.05, 3.63) is 63.7 Å². The molecule has 0 saturated heterocycles. The van der Waals surface area contributed by atoms with Gasteiger partial charge in [-0.15, -0.1) is 0 Å². The van der Waals surface area contributed by atoms with Gasteiger partial charge in [-0.05, 0) is 49.6 Å². The first-order valence-corrected chi connectivity index (χ1v) is 11.1. The number of nitrogens with one attached hydrogen (secondary N) is 1. The number of hydrogen-bond acceptors (Lipinski definition) is 8. The molecule has 0 aliphatic rings. The number of non-ortho nitro benzene ring substituents is 1. The highest BCUT2D eigenvalue weighted by Crippen LogP contribution is 2.25. The molecule has 1 amide bonds. The van der Waals surface area contributed by atoms with Gasteiger partial charge in [-0.1, -0.05) is 19.9 Å². The van der Waals surface area contributed by atoms with E-state index in [2.05, 4.69) is 5.32 Å². The minimum absolute atomic E-state index is 0.0878. The van der Waals surface area contributed by atoms with Crippen LogP contribution in [0, 0.1) is 23.0 Å². The van der Waals surface area contributed by atoms with E-state index in [0.29, 0.717) is 6.54 Å². The Morgan fingerprint density at radius 2 is 1.72 bits per heavy atom. The van der Waals surface area contributed by atoms with Gasteiger partial charge in [-0.25, -0.2) is 4.79 Å². The molecule has 1 unspecified atom stereocenters. The van der Waals surface area contributed by atoms with Crippen LogP contribution in [0.15, 0.2) is 47.4 Å². The van der Waals surface area contributed by atoms with Gasteiger partial charge in [-0.2, -0.15) is 8.42 Å². The highest BCUT2D eigenvalue weighted by atomic mass is 32.2. The molecule has 2 aromatic carbocycles. The first-order chi connectivity index (χ1) is 14.9. The van der Waals surface area contributed by atoms with Crippen molar-refractivity contribution in [1.82, 2.24) is 5.32 Å². The molecule has 10 nitrogen and oxygen atoms in total. The highest BCUT2D eigenvalue weighted by Gasteiger charge is 2.23. The number of ether oxygens (including phenoxy) is 1. The summed E-state index contributed by atoms with van der Waals surface area (Å²) >= 11 is 0. The number of amides is 1. The zero-order valence-corrected chi connectivity index (χ0v) is 18.8. The molecule has 1 atom stereocenters. The minimum atomic E-state index is -4.35. The van der Waals surface area contributed by atoms with E-state index < -0.39 is 33.0 Å². The Morgan fingerprint density at radius 3 is 2.28 bits per heavy atom. The fourth-order valence-corrected chi connectivity index (χ4v) is 3.70. The van der Waals surface area contributed by atoms with Crippen LogP contribution in [0.25, 0.3) is 0 Å². The number of rotatable bonds is 9. The van der Waals surface area contributed by atoms with Crippen LogP contribution in [0.3, 0.4) is 0 Å². The predicted octanol–water partition coefficient (Wildman–Crippen LogP) is 2.99. The maximum Gasteiger partial charge on any atom is 0.339 e. The van der Waals surface area contributed by atoms with Crippen molar-refractivity contribution in [1.29, 1.82) is 0 Å². The van der Waals surface area contributed by atoms with Crippen LogP contribution in [0.2, 0.25) is 0 Å². The Kier molecular flexibility index (Phi) is 7.92. The molecular weight excluding hydrogens is 440 g/mol. The number of nitro groups is 1. The summed E-state index contributed by atoms with van der Waals surface area (Å²) in [4.78, 5) is 34.1. The summed E-state index contributed by atoms with van der Waals surface area (Å²) in [5.41, 5.74) is -0.0206. The van der Waals surface area contributed by atoms with Gasteiger partial charge >= 0.3 is 16.1 Å². The van der Waals surface area contributed by atoms with Crippen LogP contribution < -0.4 is 9.50 Å². The molecule has 0 aliphatic carbocycles. The third kappa shape index (κ3) is 6.51. The van der Waals surface area contributed by atoms with Crippen molar-refractivity contribution in [2.75, 3.05) is 6.54 Å². The predicted molar refractivity (Wildman–Crippen MR) is 115 cm³/mol. The van der Waals surface area contributed by atoms with Gasteiger partial charge in [-0.3, -0.25) is 14.9 Å². The Balaban J connectivity index is 2.09. The number of nitro benzene ring substituents is 1. The van der Waals surface area contributed by atoms with Gasteiger partial charge in [0.05, 0.1) is 10.5 Å². The Bertz CT molecular complexity index is 1110. The molecule has 0 aromatic heterocycles. The van der Waals surface area contributed by atoms with E-state index in [0.717, 1.165) is 6.07 Å². The van der Waals surface area contributed by atoms with E-state index >= 15 is 0 Å². The molecule has 0 heterocycles. The molecule has 1 N–H and O–H groups in total. The molecule has 0 spiro atoms. The smallest absolute Gasteiger partial charge is 0.339 e. The van der Waals surface area contributed by atoms with Gasteiger partial charge in [0.2, 0.25) is 0 Å². The standard InChI is InChI=1S/C21H24N2O8S/c1-13(2)12-22-20(24)15(4)30-21(25)16-6-9-18(10-7-16)31-32(28,29)19-11-17(23(26)27)8-5-14(19)3/h5-11,13,15H,12H2,1-4H3,(H,22,24). The number of aryl methyl sites for hydroxylation is 1. The van der Waals surface area contributed by atoms with Crippen LogP contribution in [-0.4, -0.2) is 37.9 Å². The van der Waals surface area contributed by atoms with Crippen LogP contribution in [0.4, 0.5) is 5.69 Å².